The van der Waals surface area contributed by atoms with Gasteiger partial charge in [-0.25, -0.2) is 0 Å². The SMILES string of the molecule is O=C(Nc1cccc(N2CCCC2=O)c1)c1ccc(Br)o1. The van der Waals surface area contributed by atoms with Crippen LogP contribution in [0.5, 0.6) is 0 Å². The number of carbonyl (C=O) groups excluding carboxylic acids is 2. The lowest BCUT2D eigenvalue weighted by Crippen LogP contribution is -2.23. The fraction of sp³-hybridized carbons (Fsp3) is 0.200. The van der Waals surface area contributed by atoms with Crippen LogP contribution in [0.3, 0.4) is 0 Å². The van der Waals surface area contributed by atoms with Crippen molar-refractivity contribution >= 4 is 39.1 Å². The van der Waals surface area contributed by atoms with Crippen LogP contribution in [-0.2, 0) is 4.79 Å². The van der Waals surface area contributed by atoms with E-state index in [2.05, 4.69) is 21.2 Å². The van der Waals surface area contributed by atoms with E-state index in [9.17, 15) is 9.59 Å². The summed E-state index contributed by atoms with van der Waals surface area (Å²) in [4.78, 5) is 25.5. The number of furan rings is 1. The van der Waals surface area contributed by atoms with Crippen molar-refractivity contribution in [3.63, 3.8) is 0 Å². The van der Waals surface area contributed by atoms with Crippen LogP contribution in [0.25, 0.3) is 0 Å². The summed E-state index contributed by atoms with van der Waals surface area (Å²) in [7, 11) is 0. The minimum absolute atomic E-state index is 0.119. The van der Waals surface area contributed by atoms with E-state index < -0.39 is 0 Å². The molecule has 1 aromatic heterocycles. The maximum absolute atomic E-state index is 12.0. The number of rotatable bonds is 3. The lowest BCUT2D eigenvalue weighted by Gasteiger charge is -2.16. The molecule has 1 aliphatic rings. The lowest BCUT2D eigenvalue weighted by molar-refractivity contribution is -0.117. The highest BCUT2D eigenvalue weighted by Gasteiger charge is 2.22. The summed E-state index contributed by atoms with van der Waals surface area (Å²) in [6.07, 6.45) is 1.45. The third-order valence-corrected chi connectivity index (χ3v) is 3.71. The summed E-state index contributed by atoms with van der Waals surface area (Å²) in [6, 6.07) is 10.5. The van der Waals surface area contributed by atoms with Gasteiger partial charge in [0.25, 0.3) is 5.91 Å². The highest BCUT2D eigenvalue weighted by atomic mass is 79.9. The third-order valence-electron chi connectivity index (χ3n) is 3.29. The zero-order valence-corrected chi connectivity index (χ0v) is 12.7. The van der Waals surface area contributed by atoms with Crippen molar-refractivity contribution in [2.75, 3.05) is 16.8 Å². The Labute approximate surface area is 130 Å². The van der Waals surface area contributed by atoms with Gasteiger partial charge in [-0.2, -0.15) is 0 Å². The van der Waals surface area contributed by atoms with Gasteiger partial charge in [-0.3, -0.25) is 9.59 Å². The Kier molecular flexibility index (Phi) is 3.79. The molecule has 0 atom stereocenters. The molecule has 0 saturated carbocycles. The third kappa shape index (κ3) is 3.00. The summed E-state index contributed by atoms with van der Waals surface area (Å²) in [6.45, 7) is 0.724. The minimum Gasteiger partial charge on any atom is -0.444 e. The van der Waals surface area contributed by atoms with E-state index in [1.54, 1.807) is 29.2 Å². The molecule has 1 saturated heterocycles. The van der Waals surface area contributed by atoms with Crippen LogP contribution in [0.1, 0.15) is 23.4 Å². The quantitative estimate of drug-likeness (QED) is 0.924. The van der Waals surface area contributed by atoms with Gasteiger partial charge < -0.3 is 14.6 Å². The normalized spacial score (nSPS) is 14.5. The molecule has 0 bridgehead atoms. The van der Waals surface area contributed by atoms with Gasteiger partial charge in [0.15, 0.2) is 10.4 Å². The molecule has 2 amide bonds. The van der Waals surface area contributed by atoms with Gasteiger partial charge in [0.05, 0.1) is 0 Å². The molecule has 0 unspecified atom stereocenters. The molecular formula is C15H13BrN2O3. The minimum atomic E-state index is -0.328. The van der Waals surface area contributed by atoms with Gasteiger partial charge in [0.2, 0.25) is 5.91 Å². The molecule has 1 fully saturated rings. The summed E-state index contributed by atoms with van der Waals surface area (Å²) < 4.78 is 5.71. The van der Waals surface area contributed by atoms with Crippen molar-refractivity contribution in [3.05, 3.63) is 46.8 Å². The number of nitrogens with zero attached hydrogens (tertiary/aromatic N) is 1. The van der Waals surface area contributed by atoms with Gasteiger partial charge in [-0.1, -0.05) is 6.07 Å². The van der Waals surface area contributed by atoms with Crippen LogP contribution in [0, 0.1) is 0 Å². The van der Waals surface area contributed by atoms with E-state index in [0.717, 1.165) is 18.7 Å². The van der Waals surface area contributed by atoms with E-state index >= 15 is 0 Å². The molecule has 1 aliphatic heterocycles. The van der Waals surface area contributed by atoms with Crippen molar-refractivity contribution in [1.29, 1.82) is 0 Å². The first kappa shape index (κ1) is 13.9. The van der Waals surface area contributed by atoms with E-state index in [-0.39, 0.29) is 17.6 Å². The van der Waals surface area contributed by atoms with E-state index in [4.69, 9.17) is 4.42 Å². The Morgan fingerprint density at radius 1 is 1.29 bits per heavy atom. The molecule has 1 aromatic carbocycles. The van der Waals surface area contributed by atoms with Crippen LogP contribution in [0.15, 0.2) is 45.5 Å². The Hall–Kier alpha value is -2.08. The van der Waals surface area contributed by atoms with Gasteiger partial charge in [0, 0.05) is 24.3 Å². The molecule has 1 N–H and O–H groups in total. The number of hydrogen-bond acceptors (Lipinski definition) is 3. The number of benzene rings is 1. The number of nitrogens with one attached hydrogen (secondary N) is 1. The van der Waals surface area contributed by atoms with Crippen molar-refractivity contribution in [2.24, 2.45) is 0 Å². The maximum atomic E-state index is 12.0. The standard InChI is InChI=1S/C15H13BrN2O3/c16-13-7-6-12(21-13)15(20)17-10-3-1-4-11(9-10)18-8-2-5-14(18)19/h1,3-4,6-7,9H,2,5,8H2,(H,17,20). The lowest BCUT2D eigenvalue weighted by atomic mass is 10.2. The average molecular weight is 349 g/mol. The fourth-order valence-electron chi connectivity index (χ4n) is 2.30. The molecule has 2 aromatic rings. The maximum Gasteiger partial charge on any atom is 0.291 e. The van der Waals surface area contributed by atoms with Crippen LogP contribution in [0.2, 0.25) is 0 Å². The largest absolute Gasteiger partial charge is 0.444 e. The van der Waals surface area contributed by atoms with Crippen LogP contribution >= 0.6 is 15.9 Å². The second-order valence-corrected chi connectivity index (χ2v) is 5.54. The van der Waals surface area contributed by atoms with Gasteiger partial charge in [-0.15, -0.1) is 0 Å². The zero-order valence-electron chi connectivity index (χ0n) is 11.1. The Morgan fingerprint density at radius 2 is 2.14 bits per heavy atom. The van der Waals surface area contributed by atoms with Crippen molar-refractivity contribution in [1.82, 2.24) is 0 Å². The van der Waals surface area contributed by atoms with Crippen LogP contribution in [0.4, 0.5) is 11.4 Å². The molecular weight excluding hydrogens is 336 g/mol. The highest BCUT2D eigenvalue weighted by molar-refractivity contribution is 9.10. The summed E-state index contributed by atoms with van der Waals surface area (Å²) in [5.74, 6) is 0.0172. The molecule has 2 heterocycles. The van der Waals surface area contributed by atoms with E-state index in [1.165, 1.54) is 0 Å². The Bertz CT molecular complexity index is 696. The molecule has 108 valence electrons. The predicted molar refractivity (Wildman–Crippen MR) is 82.4 cm³/mol. The molecule has 0 radical (unpaired) electrons. The summed E-state index contributed by atoms with van der Waals surface area (Å²) >= 11 is 3.16. The second-order valence-electron chi connectivity index (χ2n) is 4.76. The second kappa shape index (κ2) is 5.73. The Balaban J connectivity index is 1.77. The monoisotopic (exact) mass is 348 g/mol. The van der Waals surface area contributed by atoms with E-state index in [1.807, 2.05) is 12.1 Å². The smallest absolute Gasteiger partial charge is 0.291 e. The molecule has 5 nitrogen and oxygen atoms in total. The van der Waals surface area contributed by atoms with E-state index in [0.29, 0.717) is 16.8 Å². The van der Waals surface area contributed by atoms with Gasteiger partial charge >= 0.3 is 0 Å². The number of anilines is 2. The van der Waals surface area contributed by atoms with Gasteiger partial charge in [0.1, 0.15) is 0 Å². The molecule has 3 rings (SSSR count). The first-order valence-corrected chi connectivity index (χ1v) is 7.40. The number of hydrogen-bond donors (Lipinski definition) is 1. The molecule has 21 heavy (non-hydrogen) atoms. The topological polar surface area (TPSA) is 62.6 Å². The first-order chi connectivity index (χ1) is 10.1. The Morgan fingerprint density at radius 3 is 2.81 bits per heavy atom. The first-order valence-electron chi connectivity index (χ1n) is 6.60. The van der Waals surface area contributed by atoms with Gasteiger partial charge in [-0.05, 0) is 52.7 Å². The molecule has 6 heteroatoms. The number of amides is 2. The zero-order chi connectivity index (χ0) is 14.8. The summed E-state index contributed by atoms with van der Waals surface area (Å²) in [5, 5.41) is 2.76. The fourth-order valence-corrected chi connectivity index (χ4v) is 2.61. The number of halogens is 1. The van der Waals surface area contributed by atoms with Crippen molar-refractivity contribution in [3.8, 4) is 0 Å². The number of carbonyl (C=O) groups is 2. The molecule has 0 aliphatic carbocycles. The predicted octanol–water partition coefficient (Wildman–Crippen LogP) is 3.42. The van der Waals surface area contributed by atoms with Crippen molar-refractivity contribution in [2.45, 2.75) is 12.8 Å². The van der Waals surface area contributed by atoms with Crippen molar-refractivity contribution < 1.29 is 14.0 Å². The average Bonchev–Trinajstić information content (AvgIpc) is 3.08. The molecule has 0 spiro atoms. The highest BCUT2D eigenvalue weighted by Crippen LogP contribution is 2.24. The van der Waals surface area contributed by atoms with Crippen LogP contribution in [-0.4, -0.2) is 18.4 Å². The van der Waals surface area contributed by atoms with Crippen LogP contribution < -0.4 is 10.2 Å². The summed E-state index contributed by atoms with van der Waals surface area (Å²) in [5.41, 5.74) is 1.43.